The second-order valence-electron chi connectivity index (χ2n) is 9.00. The monoisotopic (exact) mass is 481 g/mol. The molecule has 0 aliphatic heterocycles. The number of carbonyl (C=O) groups is 1. The zero-order valence-electron chi connectivity index (χ0n) is 20.4. The molecule has 2 heterocycles. The van der Waals surface area contributed by atoms with Crippen molar-refractivity contribution in [3.05, 3.63) is 101 Å². The van der Waals surface area contributed by atoms with Gasteiger partial charge in [0.15, 0.2) is 5.58 Å². The summed E-state index contributed by atoms with van der Waals surface area (Å²) >= 11 is 0. The van der Waals surface area contributed by atoms with Crippen molar-refractivity contribution < 1.29 is 9.21 Å². The number of aromatic nitrogens is 3. The summed E-state index contributed by atoms with van der Waals surface area (Å²) in [5.41, 5.74) is 5.56. The number of oxazole rings is 1. The van der Waals surface area contributed by atoms with Crippen LogP contribution in [-0.4, -0.2) is 45.8 Å². The summed E-state index contributed by atoms with van der Waals surface area (Å²) in [4.78, 5) is 27.8. The first kappa shape index (κ1) is 23.3. The van der Waals surface area contributed by atoms with Gasteiger partial charge in [0.05, 0.1) is 16.8 Å². The topological polar surface area (TPSA) is 85.3 Å². The Morgan fingerprint density at radius 1 is 1.03 bits per heavy atom. The van der Waals surface area contributed by atoms with E-state index in [-0.39, 0.29) is 5.91 Å². The third kappa shape index (κ3) is 4.71. The SMILES string of the molecule is Cc1ccc(-n2cc(C(=O)Nc3ccc4oc(=O)n(CCN(C)C)c4c3)c(-c3ccccc3)n2)cc1. The number of amides is 1. The van der Waals surface area contributed by atoms with Crippen molar-refractivity contribution in [3.8, 4) is 16.9 Å². The predicted octanol–water partition coefficient (Wildman–Crippen LogP) is 4.57. The summed E-state index contributed by atoms with van der Waals surface area (Å²) in [6.45, 7) is 3.19. The van der Waals surface area contributed by atoms with Gasteiger partial charge in [0.1, 0.15) is 5.69 Å². The Balaban J connectivity index is 1.50. The van der Waals surface area contributed by atoms with Crippen LogP contribution in [0.5, 0.6) is 0 Å². The van der Waals surface area contributed by atoms with E-state index in [9.17, 15) is 9.59 Å². The number of fused-ring (bicyclic) bond motifs is 1. The largest absolute Gasteiger partial charge is 0.419 e. The van der Waals surface area contributed by atoms with Crippen LogP contribution in [0.3, 0.4) is 0 Å². The Morgan fingerprint density at radius 3 is 2.50 bits per heavy atom. The molecule has 0 atom stereocenters. The molecule has 0 radical (unpaired) electrons. The second kappa shape index (κ2) is 9.67. The van der Waals surface area contributed by atoms with Gasteiger partial charge in [-0.2, -0.15) is 5.10 Å². The first-order chi connectivity index (χ1) is 17.4. The van der Waals surface area contributed by atoms with Gasteiger partial charge in [0.25, 0.3) is 5.91 Å². The van der Waals surface area contributed by atoms with E-state index in [2.05, 4.69) is 5.32 Å². The van der Waals surface area contributed by atoms with Crippen LogP contribution in [0.4, 0.5) is 5.69 Å². The number of carbonyl (C=O) groups excluding carboxylic acids is 1. The van der Waals surface area contributed by atoms with Gasteiger partial charge in [-0.15, -0.1) is 0 Å². The number of anilines is 1. The molecule has 0 saturated heterocycles. The fourth-order valence-corrected chi connectivity index (χ4v) is 4.03. The Hall–Kier alpha value is -4.43. The van der Waals surface area contributed by atoms with Crippen LogP contribution in [0.25, 0.3) is 28.0 Å². The average Bonchev–Trinajstić information content (AvgIpc) is 3.45. The normalized spacial score (nSPS) is 11.3. The van der Waals surface area contributed by atoms with E-state index in [4.69, 9.17) is 9.52 Å². The van der Waals surface area contributed by atoms with Crippen LogP contribution in [0.2, 0.25) is 0 Å². The number of rotatable bonds is 7. The molecule has 5 aromatic rings. The summed E-state index contributed by atoms with van der Waals surface area (Å²) in [7, 11) is 3.89. The number of benzene rings is 3. The number of hydrogen-bond donors (Lipinski definition) is 1. The lowest BCUT2D eigenvalue weighted by Gasteiger charge is -2.10. The molecule has 3 aromatic carbocycles. The molecule has 2 aromatic heterocycles. The molecule has 36 heavy (non-hydrogen) atoms. The molecule has 182 valence electrons. The Labute approximate surface area is 208 Å². The molecular formula is C28H27N5O3. The van der Waals surface area contributed by atoms with Gasteiger partial charge in [-0.3, -0.25) is 9.36 Å². The lowest BCUT2D eigenvalue weighted by atomic mass is 10.1. The number of aryl methyl sites for hydroxylation is 1. The van der Waals surface area contributed by atoms with E-state index < -0.39 is 5.76 Å². The predicted molar refractivity (Wildman–Crippen MR) is 141 cm³/mol. The van der Waals surface area contributed by atoms with E-state index in [0.717, 1.165) is 16.8 Å². The molecule has 8 nitrogen and oxygen atoms in total. The van der Waals surface area contributed by atoms with E-state index in [1.807, 2.05) is 80.5 Å². The summed E-state index contributed by atoms with van der Waals surface area (Å²) in [6, 6.07) is 22.8. The molecule has 0 unspecified atom stereocenters. The molecular weight excluding hydrogens is 454 g/mol. The third-order valence-electron chi connectivity index (χ3n) is 6.00. The molecule has 0 saturated carbocycles. The first-order valence-electron chi connectivity index (χ1n) is 11.7. The maximum atomic E-state index is 13.5. The molecule has 5 rings (SSSR count). The Bertz CT molecular complexity index is 1580. The smallest absolute Gasteiger partial charge is 0.408 e. The molecule has 0 aliphatic carbocycles. The van der Waals surface area contributed by atoms with E-state index >= 15 is 0 Å². The maximum Gasteiger partial charge on any atom is 0.419 e. The van der Waals surface area contributed by atoms with Crippen molar-refractivity contribution in [2.24, 2.45) is 0 Å². The third-order valence-corrected chi connectivity index (χ3v) is 6.00. The van der Waals surface area contributed by atoms with Crippen molar-refractivity contribution in [2.45, 2.75) is 13.5 Å². The van der Waals surface area contributed by atoms with Crippen molar-refractivity contribution in [1.29, 1.82) is 0 Å². The number of hydrogen-bond acceptors (Lipinski definition) is 5. The summed E-state index contributed by atoms with van der Waals surface area (Å²) < 4.78 is 8.67. The van der Waals surface area contributed by atoms with Gasteiger partial charge in [-0.1, -0.05) is 48.0 Å². The molecule has 1 amide bonds. The zero-order chi connectivity index (χ0) is 25.2. The molecule has 1 N–H and O–H groups in total. The highest BCUT2D eigenvalue weighted by Gasteiger charge is 2.20. The minimum atomic E-state index is -0.416. The number of likely N-dealkylation sites (N-methyl/N-ethyl adjacent to an activating group) is 1. The fraction of sp³-hybridized carbons (Fsp3) is 0.179. The zero-order valence-corrected chi connectivity index (χ0v) is 20.4. The van der Waals surface area contributed by atoms with Gasteiger partial charge in [0.2, 0.25) is 0 Å². The summed E-state index contributed by atoms with van der Waals surface area (Å²) in [5, 5.41) is 7.72. The number of nitrogens with zero attached hydrogens (tertiary/aromatic N) is 4. The van der Waals surface area contributed by atoms with Crippen LogP contribution >= 0.6 is 0 Å². The lowest BCUT2D eigenvalue weighted by molar-refractivity contribution is 0.102. The average molecular weight is 482 g/mol. The van der Waals surface area contributed by atoms with E-state index in [0.29, 0.717) is 41.1 Å². The van der Waals surface area contributed by atoms with Crippen LogP contribution in [-0.2, 0) is 6.54 Å². The van der Waals surface area contributed by atoms with Gasteiger partial charge in [-0.05, 0) is 51.4 Å². The molecule has 0 aliphatic rings. The minimum Gasteiger partial charge on any atom is -0.408 e. The van der Waals surface area contributed by atoms with Crippen molar-refractivity contribution in [1.82, 2.24) is 19.2 Å². The van der Waals surface area contributed by atoms with Crippen molar-refractivity contribution in [3.63, 3.8) is 0 Å². The van der Waals surface area contributed by atoms with Crippen LogP contribution in [0.1, 0.15) is 15.9 Å². The van der Waals surface area contributed by atoms with Crippen molar-refractivity contribution >= 4 is 22.7 Å². The molecule has 0 spiro atoms. The van der Waals surface area contributed by atoms with Gasteiger partial charge >= 0.3 is 5.76 Å². The standard InChI is InChI=1S/C28H27N5O3/c1-19-9-12-22(13-10-19)33-18-23(26(30-33)20-7-5-4-6-8-20)27(34)29-21-11-14-25-24(17-21)32(28(35)36-25)16-15-31(2)3/h4-14,17-18H,15-16H2,1-3H3,(H,29,34). The first-order valence-corrected chi connectivity index (χ1v) is 11.7. The van der Waals surface area contributed by atoms with Crippen LogP contribution in [0, 0.1) is 6.92 Å². The van der Waals surface area contributed by atoms with Gasteiger partial charge in [-0.25, -0.2) is 9.48 Å². The van der Waals surface area contributed by atoms with Gasteiger partial charge in [0, 0.05) is 30.5 Å². The Morgan fingerprint density at radius 2 is 1.78 bits per heavy atom. The maximum absolute atomic E-state index is 13.5. The second-order valence-corrected chi connectivity index (χ2v) is 9.00. The minimum absolute atomic E-state index is 0.294. The molecule has 8 heteroatoms. The van der Waals surface area contributed by atoms with E-state index in [1.54, 1.807) is 33.6 Å². The summed E-state index contributed by atoms with van der Waals surface area (Å²) in [6.07, 6.45) is 1.74. The van der Waals surface area contributed by atoms with Crippen LogP contribution in [0.15, 0.2) is 88.2 Å². The number of nitrogens with one attached hydrogen (secondary N) is 1. The Kier molecular flexibility index (Phi) is 6.26. The van der Waals surface area contributed by atoms with Gasteiger partial charge < -0.3 is 14.6 Å². The highest BCUT2D eigenvalue weighted by atomic mass is 16.4. The highest BCUT2D eigenvalue weighted by Crippen LogP contribution is 2.26. The molecule has 0 fully saturated rings. The summed E-state index contributed by atoms with van der Waals surface area (Å²) in [5.74, 6) is -0.710. The van der Waals surface area contributed by atoms with Crippen LogP contribution < -0.4 is 11.1 Å². The van der Waals surface area contributed by atoms with E-state index in [1.165, 1.54) is 0 Å². The highest BCUT2D eigenvalue weighted by molar-refractivity contribution is 6.08. The van der Waals surface area contributed by atoms with Crippen molar-refractivity contribution in [2.75, 3.05) is 26.0 Å². The fourth-order valence-electron chi connectivity index (χ4n) is 4.03. The quantitative estimate of drug-likeness (QED) is 0.368. The lowest BCUT2D eigenvalue weighted by Crippen LogP contribution is -2.23. The molecule has 0 bridgehead atoms.